The molecule has 106 valence electrons. The fourth-order valence-electron chi connectivity index (χ4n) is 1.31. The number of aldehydes is 1. The molecular formula is C14H21ClO3Si. The first-order valence-corrected chi connectivity index (χ1v) is 9.43. The van der Waals surface area contributed by atoms with Crippen molar-refractivity contribution in [3.05, 3.63) is 22.7 Å². The van der Waals surface area contributed by atoms with E-state index in [2.05, 4.69) is 33.9 Å². The van der Waals surface area contributed by atoms with Crippen LogP contribution >= 0.6 is 11.6 Å². The van der Waals surface area contributed by atoms with E-state index in [0.29, 0.717) is 22.1 Å². The van der Waals surface area contributed by atoms with Crippen molar-refractivity contribution in [3.8, 4) is 11.5 Å². The molecule has 1 rings (SSSR count). The van der Waals surface area contributed by atoms with Crippen molar-refractivity contribution in [2.75, 3.05) is 7.11 Å². The molecule has 0 spiro atoms. The van der Waals surface area contributed by atoms with Gasteiger partial charge in [0.05, 0.1) is 12.1 Å². The third kappa shape index (κ3) is 3.31. The van der Waals surface area contributed by atoms with Crippen molar-refractivity contribution in [3.63, 3.8) is 0 Å². The highest BCUT2D eigenvalue weighted by Gasteiger charge is 2.40. The Bertz CT molecular complexity index is 478. The van der Waals surface area contributed by atoms with Gasteiger partial charge < -0.3 is 9.16 Å². The summed E-state index contributed by atoms with van der Waals surface area (Å²) in [6, 6.07) is 3.34. The number of hydrogen-bond acceptors (Lipinski definition) is 3. The summed E-state index contributed by atoms with van der Waals surface area (Å²) in [6.07, 6.45) is 0.722. The smallest absolute Gasteiger partial charge is 0.250 e. The lowest BCUT2D eigenvalue weighted by Gasteiger charge is -2.37. The molecule has 0 N–H and O–H groups in total. The Kier molecular flexibility index (Phi) is 4.69. The Morgan fingerprint density at radius 1 is 1.26 bits per heavy atom. The van der Waals surface area contributed by atoms with Crippen molar-refractivity contribution in [2.45, 2.75) is 38.9 Å². The molecule has 0 heterocycles. The van der Waals surface area contributed by atoms with Crippen LogP contribution in [0.4, 0.5) is 0 Å². The molecule has 0 atom stereocenters. The second kappa shape index (κ2) is 5.55. The Hall–Kier alpha value is -1.00. The lowest BCUT2D eigenvalue weighted by atomic mass is 10.2. The standard InChI is InChI=1S/C14H21ClO3Si/c1-14(2,3)19(5,6)18-13-11(17-4)8-7-10(9-16)12(13)15/h7-9H,1-6H3. The summed E-state index contributed by atoms with van der Waals surface area (Å²) in [7, 11) is -0.481. The van der Waals surface area contributed by atoms with E-state index in [0.717, 1.165) is 6.29 Å². The molecule has 0 fully saturated rings. The lowest BCUT2D eigenvalue weighted by Crippen LogP contribution is -2.44. The van der Waals surface area contributed by atoms with E-state index in [9.17, 15) is 4.79 Å². The first-order valence-electron chi connectivity index (χ1n) is 6.14. The van der Waals surface area contributed by atoms with Crippen LogP contribution in [0.15, 0.2) is 12.1 Å². The molecule has 0 aliphatic carbocycles. The van der Waals surface area contributed by atoms with Gasteiger partial charge in [-0.15, -0.1) is 0 Å². The van der Waals surface area contributed by atoms with Crippen LogP contribution in [-0.2, 0) is 0 Å². The summed E-state index contributed by atoms with van der Waals surface area (Å²) < 4.78 is 11.5. The van der Waals surface area contributed by atoms with E-state index in [1.165, 1.54) is 0 Å². The van der Waals surface area contributed by atoms with Gasteiger partial charge in [-0.3, -0.25) is 4.79 Å². The maximum absolute atomic E-state index is 11.0. The quantitative estimate of drug-likeness (QED) is 0.604. The molecular weight excluding hydrogens is 280 g/mol. The van der Waals surface area contributed by atoms with Crippen molar-refractivity contribution in [1.29, 1.82) is 0 Å². The number of ether oxygens (including phenoxy) is 1. The van der Waals surface area contributed by atoms with Crippen molar-refractivity contribution in [2.24, 2.45) is 0 Å². The first-order chi connectivity index (χ1) is 8.64. The van der Waals surface area contributed by atoms with Crippen LogP contribution in [0.3, 0.4) is 0 Å². The average Bonchev–Trinajstić information content (AvgIpc) is 2.30. The van der Waals surface area contributed by atoms with Crippen molar-refractivity contribution >= 4 is 26.2 Å². The highest BCUT2D eigenvalue weighted by molar-refractivity contribution is 6.74. The molecule has 0 aromatic heterocycles. The van der Waals surface area contributed by atoms with Crippen LogP contribution in [0.1, 0.15) is 31.1 Å². The molecule has 0 saturated heterocycles. The monoisotopic (exact) mass is 300 g/mol. The number of hydrogen-bond donors (Lipinski definition) is 0. The zero-order valence-corrected chi connectivity index (χ0v) is 14.1. The number of halogens is 1. The van der Waals surface area contributed by atoms with Crippen LogP contribution in [-0.4, -0.2) is 21.7 Å². The van der Waals surface area contributed by atoms with Gasteiger partial charge >= 0.3 is 0 Å². The van der Waals surface area contributed by atoms with E-state index in [-0.39, 0.29) is 5.04 Å². The molecule has 0 radical (unpaired) electrons. The van der Waals surface area contributed by atoms with Gasteiger partial charge in [0.1, 0.15) is 0 Å². The second-order valence-corrected chi connectivity index (χ2v) is 11.1. The second-order valence-electron chi connectivity index (χ2n) is 5.98. The molecule has 3 nitrogen and oxygen atoms in total. The van der Waals surface area contributed by atoms with Crippen LogP contribution in [0.2, 0.25) is 23.2 Å². The third-order valence-corrected chi connectivity index (χ3v) is 8.32. The van der Waals surface area contributed by atoms with E-state index in [4.69, 9.17) is 20.8 Å². The molecule has 0 aliphatic rings. The molecule has 19 heavy (non-hydrogen) atoms. The highest BCUT2D eigenvalue weighted by atomic mass is 35.5. The predicted octanol–water partition coefficient (Wildman–Crippen LogP) is 4.55. The number of rotatable bonds is 4. The van der Waals surface area contributed by atoms with Crippen LogP contribution < -0.4 is 9.16 Å². The van der Waals surface area contributed by atoms with Gasteiger partial charge in [0.25, 0.3) is 8.32 Å². The van der Waals surface area contributed by atoms with Crippen molar-refractivity contribution < 1.29 is 14.0 Å². The predicted molar refractivity (Wildman–Crippen MR) is 81.2 cm³/mol. The zero-order chi connectivity index (χ0) is 14.8. The first kappa shape index (κ1) is 16.1. The number of carbonyl (C=O) groups is 1. The van der Waals surface area contributed by atoms with Crippen LogP contribution in [0, 0.1) is 0 Å². The topological polar surface area (TPSA) is 35.5 Å². The maximum atomic E-state index is 11.0. The van der Waals surface area contributed by atoms with Gasteiger partial charge in [-0.05, 0) is 30.3 Å². The summed E-state index contributed by atoms with van der Waals surface area (Å²) in [5.41, 5.74) is 0.413. The van der Waals surface area contributed by atoms with Crippen molar-refractivity contribution in [1.82, 2.24) is 0 Å². The van der Waals surface area contributed by atoms with Gasteiger partial charge in [-0.2, -0.15) is 0 Å². The largest absolute Gasteiger partial charge is 0.540 e. The number of benzene rings is 1. The Labute approximate surface area is 121 Å². The van der Waals surface area contributed by atoms with E-state index < -0.39 is 8.32 Å². The molecule has 1 aromatic carbocycles. The Morgan fingerprint density at radius 2 is 1.84 bits per heavy atom. The lowest BCUT2D eigenvalue weighted by molar-refractivity contribution is 0.112. The number of carbonyl (C=O) groups excluding carboxylic acids is 1. The minimum atomic E-state index is -2.04. The molecule has 0 amide bonds. The molecule has 0 unspecified atom stereocenters. The van der Waals surface area contributed by atoms with Gasteiger partial charge in [0, 0.05) is 5.56 Å². The van der Waals surface area contributed by atoms with E-state index >= 15 is 0 Å². The molecule has 0 saturated carbocycles. The zero-order valence-electron chi connectivity index (χ0n) is 12.3. The summed E-state index contributed by atoms with van der Waals surface area (Å²) >= 11 is 6.23. The van der Waals surface area contributed by atoms with Gasteiger partial charge in [-0.1, -0.05) is 32.4 Å². The Morgan fingerprint density at radius 3 is 2.26 bits per heavy atom. The van der Waals surface area contributed by atoms with E-state index in [1.807, 2.05) is 0 Å². The molecule has 0 aliphatic heterocycles. The minimum absolute atomic E-state index is 0.0402. The van der Waals surface area contributed by atoms with Gasteiger partial charge in [0.15, 0.2) is 17.8 Å². The fourth-order valence-corrected chi connectivity index (χ4v) is 2.63. The minimum Gasteiger partial charge on any atom is -0.540 e. The third-order valence-electron chi connectivity index (χ3n) is 3.60. The summed E-state index contributed by atoms with van der Waals surface area (Å²) in [5, 5.41) is 0.359. The fraction of sp³-hybridized carbons (Fsp3) is 0.500. The average molecular weight is 301 g/mol. The van der Waals surface area contributed by atoms with E-state index in [1.54, 1.807) is 19.2 Å². The van der Waals surface area contributed by atoms with Crippen LogP contribution in [0.25, 0.3) is 0 Å². The number of methoxy groups -OCH3 is 1. The van der Waals surface area contributed by atoms with Gasteiger partial charge in [0.2, 0.25) is 0 Å². The molecule has 0 bridgehead atoms. The molecule has 5 heteroatoms. The summed E-state index contributed by atoms with van der Waals surface area (Å²) in [5.74, 6) is 1.03. The summed E-state index contributed by atoms with van der Waals surface area (Å²) in [4.78, 5) is 11.0. The van der Waals surface area contributed by atoms with Crippen LogP contribution in [0.5, 0.6) is 11.5 Å². The summed E-state index contributed by atoms with van der Waals surface area (Å²) in [6.45, 7) is 10.7. The normalized spacial score (nSPS) is 12.2. The maximum Gasteiger partial charge on any atom is 0.250 e. The highest BCUT2D eigenvalue weighted by Crippen LogP contribution is 2.43. The Balaban J connectivity index is 3.30. The molecule has 1 aromatic rings. The van der Waals surface area contributed by atoms with Gasteiger partial charge in [-0.25, -0.2) is 0 Å². The SMILES string of the molecule is COc1ccc(C=O)c(Cl)c1O[Si](C)(C)C(C)(C)C.